The van der Waals surface area contributed by atoms with Crippen LogP contribution in [-0.2, 0) is 0 Å². The second kappa shape index (κ2) is 6.80. The standard InChI is InChI=1S/C8H18As2/c1-2-4-6-8-10-9-7-5-3-1/h9-10H,1-8H2. The summed E-state index contributed by atoms with van der Waals surface area (Å²) in [6, 6.07) is 0. The molecule has 0 saturated carbocycles. The fraction of sp³-hybridized carbons (Fsp3) is 1.00. The second-order valence-corrected chi connectivity index (χ2v) is 14.3. The van der Waals surface area contributed by atoms with E-state index in [-0.39, 0.29) is 0 Å². The molecule has 1 aliphatic rings. The average Bonchev–Trinajstić information content (AvgIpc) is 2.01. The third-order valence-electron chi connectivity index (χ3n) is 1.98. The van der Waals surface area contributed by atoms with E-state index < -0.39 is 0 Å². The molecule has 0 aromatic carbocycles. The third kappa shape index (κ3) is 4.86. The van der Waals surface area contributed by atoms with Gasteiger partial charge in [0.2, 0.25) is 0 Å². The molecule has 1 rings (SSSR count). The van der Waals surface area contributed by atoms with Crippen molar-refractivity contribution < 1.29 is 0 Å². The van der Waals surface area contributed by atoms with E-state index in [2.05, 4.69) is 0 Å². The molecule has 0 bridgehead atoms. The first-order valence-corrected chi connectivity index (χ1v) is 13.9. The Bertz CT molecular complexity index is 40.4. The van der Waals surface area contributed by atoms with Crippen LogP contribution in [0.4, 0.5) is 0 Å². The van der Waals surface area contributed by atoms with Crippen LogP contribution in [0.3, 0.4) is 0 Å². The van der Waals surface area contributed by atoms with Crippen molar-refractivity contribution in [3.8, 4) is 0 Å². The van der Waals surface area contributed by atoms with E-state index in [0.29, 0.717) is 27.4 Å². The molecule has 0 N–H and O–H groups in total. The molecule has 2 unspecified atom stereocenters. The van der Waals surface area contributed by atoms with Crippen LogP contribution < -0.4 is 0 Å². The van der Waals surface area contributed by atoms with E-state index in [4.69, 9.17) is 0 Å². The van der Waals surface area contributed by atoms with Crippen LogP contribution >= 0.6 is 0 Å². The van der Waals surface area contributed by atoms with Gasteiger partial charge in [-0.3, -0.25) is 0 Å². The predicted octanol–water partition coefficient (Wildman–Crippen LogP) is 1.97. The first-order chi connectivity index (χ1) is 5.00. The minimum absolute atomic E-state index is 0.648. The van der Waals surface area contributed by atoms with E-state index in [9.17, 15) is 0 Å². The summed E-state index contributed by atoms with van der Waals surface area (Å²) in [5.74, 6) is 0. The minimum atomic E-state index is 0.648. The van der Waals surface area contributed by atoms with Crippen LogP contribution in [0.5, 0.6) is 0 Å². The van der Waals surface area contributed by atoms with Gasteiger partial charge in [0.15, 0.2) is 0 Å². The Balaban J connectivity index is 2.00. The third-order valence-corrected chi connectivity index (χ3v) is 13.2. The molecule has 0 nitrogen and oxygen atoms in total. The summed E-state index contributed by atoms with van der Waals surface area (Å²) in [4.78, 5) is 0. The van der Waals surface area contributed by atoms with Crippen molar-refractivity contribution in [3.63, 3.8) is 0 Å². The maximum atomic E-state index is 1.68. The first-order valence-electron chi connectivity index (χ1n) is 4.46. The Morgan fingerprint density at radius 1 is 0.500 bits per heavy atom. The van der Waals surface area contributed by atoms with Crippen LogP contribution in [0.2, 0.25) is 10.4 Å². The zero-order valence-corrected chi connectivity index (χ0v) is 10.9. The zero-order valence-electron chi connectivity index (χ0n) is 6.66. The molecular weight excluding hydrogens is 246 g/mol. The summed E-state index contributed by atoms with van der Waals surface area (Å²) in [5.41, 5.74) is 0. The van der Waals surface area contributed by atoms with Crippen LogP contribution in [-0.4, -0.2) is 27.4 Å². The van der Waals surface area contributed by atoms with Crippen molar-refractivity contribution in [2.75, 3.05) is 0 Å². The SMILES string of the molecule is C1CCCC[AsH][AsH]CCC1. The van der Waals surface area contributed by atoms with Gasteiger partial charge < -0.3 is 0 Å². The maximum absolute atomic E-state index is 1.68. The summed E-state index contributed by atoms with van der Waals surface area (Å²) in [7, 11) is 0. The van der Waals surface area contributed by atoms with E-state index in [1.165, 1.54) is 12.8 Å². The van der Waals surface area contributed by atoms with Crippen molar-refractivity contribution >= 4 is 27.4 Å². The molecule has 1 fully saturated rings. The van der Waals surface area contributed by atoms with Gasteiger partial charge in [0.25, 0.3) is 0 Å². The molecule has 60 valence electrons. The number of rotatable bonds is 0. The average molecular weight is 264 g/mol. The van der Waals surface area contributed by atoms with Gasteiger partial charge in [0.05, 0.1) is 0 Å². The van der Waals surface area contributed by atoms with Crippen LogP contribution in [0.25, 0.3) is 0 Å². The molecule has 0 radical (unpaired) electrons. The zero-order chi connectivity index (χ0) is 7.07. The van der Waals surface area contributed by atoms with Crippen molar-refractivity contribution in [2.24, 2.45) is 0 Å². The van der Waals surface area contributed by atoms with Gasteiger partial charge in [0, 0.05) is 0 Å². The molecule has 1 saturated heterocycles. The van der Waals surface area contributed by atoms with Crippen LogP contribution in [0.1, 0.15) is 38.5 Å². The summed E-state index contributed by atoms with van der Waals surface area (Å²) < 4.78 is 0. The van der Waals surface area contributed by atoms with Gasteiger partial charge >= 0.3 is 76.3 Å². The van der Waals surface area contributed by atoms with Gasteiger partial charge in [0.1, 0.15) is 0 Å². The Hall–Kier alpha value is 1.12. The summed E-state index contributed by atoms with van der Waals surface area (Å²) in [6.07, 6.45) is 9.34. The second-order valence-electron chi connectivity index (χ2n) is 2.97. The summed E-state index contributed by atoms with van der Waals surface area (Å²) in [5, 5.41) is 3.36. The quantitative estimate of drug-likeness (QED) is 0.587. The fourth-order valence-corrected chi connectivity index (χ4v) is 11.6. The van der Waals surface area contributed by atoms with E-state index in [0.717, 1.165) is 0 Å². The summed E-state index contributed by atoms with van der Waals surface area (Å²) >= 11 is 1.30. The molecule has 0 amide bonds. The molecule has 1 heterocycles. The van der Waals surface area contributed by atoms with E-state index in [1.807, 2.05) is 0 Å². The van der Waals surface area contributed by atoms with Gasteiger partial charge in [-0.15, -0.1) is 0 Å². The number of hydrogen-bond donors (Lipinski definition) is 0. The van der Waals surface area contributed by atoms with Gasteiger partial charge in [-0.25, -0.2) is 0 Å². The van der Waals surface area contributed by atoms with Crippen LogP contribution in [0, 0.1) is 0 Å². The van der Waals surface area contributed by atoms with Crippen LogP contribution in [0.15, 0.2) is 0 Å². The fourth-order valence-electron chi connectivity index (χ4n) is 1.31. The van der Waals surface area contributed by atoms with Crippen molar-refractivity contribution in [1.29, 1.82) is 0 Å². The van der Waals surface area contributed by atoms with Crippen molar-refractivity contribution in [3.05, 3.63) is 0 Å². The van der Waals surface area contributed by atoms with Gasteiger partial charge in [-0.1, -0.05) is 0 Å². The van der Waals surface area contributed by atoms with Gasteiger partial charge in [-0.2, -0.15) is 0 Å². The predicted molar refractivity (Wildman–Crippen MR) is 51.6 cm³/mol. The Morgan fingerprint density at radius 2 is 0.900 bits per heavy atom. The summed E-state index contributed by atoms with van der Waals surface area (Å²) in [6.45, 7) is 0. The molecule has 0 aromatic rings. The Labute approximate surface area is 76.2 Å². The molecule has 0 spiro atoms. The van der Waals surface area contributed by atoms with Crippen molar-refractivity contribution in [2.45, 2.75) is 48.9 Å². The molecule has 2 heteroatoms. The molecule has 0 aliphatic carbocycles. The molecular formula is C8H18As2. The van der Waals surface area contributed by atoms with E-state index >= 15 is 0 Å². The molecule has 10 heavy (non-hydrogen) atoms. The van der Waals surface area contributed by atoms with Crippen molar-refractivity contribution in [1.82, 2.24) is 0 Å². The Morgan fingerprint density at radius 3 is 1.40 bits per heavy atom. The molecule has 2 atom stereocenters. The molecule has 0 aromatic heterocycles. The van der Waals surface area contributed by atoms with Gasteiger partial charge in [-0.05, 0) is 0 Å². The first kappa shape index (κ1) is 9.21. The van der Waals surface area contributed by atoms with E-state index in [1.54, 1.807) is 36.1 Å². The Kier molecular flexibility index (Phi) is 6.26. The monoisotopic (exact) mass is 264 g/mol. The number of hydrogen-bond acceptors (Lipinski definition) is 0. The molecule has 1 aliphatic heterocycles. The normalized spacial score (nSPS) is 28.8. The topological polar surface area (TPSA) is 0 Å².